The molecule has 2 bridgehead atoms. The first-order chi connectivity index (χ1) is 9.77. The van der Waals surface area contributed by atoms with Gasteiger partial charge in [-0.2, -0.15) is 0 Å². The summed E-state index contributed by atoms with van der Waals surface area (Å²) in [5.41, 5.74) is 0.366. The highest BCUT2D eigenvalue weighted by Crippen LogP contribution is 2.73. The second-order valence-electron chi connectivity index (χ2n) is 7.22. The van der Waals surface area contributed by atoms with Crippen LogP contribution < -0.4 is 0 Å². The molecule has 2 unspecified atom stereocenters. The zero-order chi connectivity index (χ0) is 15.5. The molecule has 1 aromatic rings. The molecule has 0 saturated heterocycles. The number of allylic oxidation sites excluding steroid dienone is 1. The number of carbonyl (C=O) groups excluding carboxylic acids is 2. The first kappa shape index (κ1) is 14.2. The highest BCUT2D eigenvalue weighted by molar-refractivity contribution is 6.15. The maximum atomic E-state index is 13.0. The van der Waals surface area contributed by atoms with Crippen LogP contribution in [-0.2, 0) is 9.59 Å². The Kier molecular flexibility index (Phi) is 2.82. The number of Topliss-reactive ketones (excluding diaryl/α,β-unsaturated/α-hetero) is 2. The Morgan fingerprint density at radius 2 is 1.71 bits per heavy atom. The molecule has 0 radical (unpaired) electrons. The minimum atomic E-state index is -0.616. The molecule has 2 aliphatic carbocycles. The van der Waals surface area contributed by atoms with Gasteiger partial charge < -0.3 is 0 Å². The number of benzene rings is 1. The Balaban J connectivity index is 2.24. The van der Waals surface area contributed by atoms with E-state index >= 15 is 0 Å². The molecule has 2 nitrogen and oxygen atoms in total. The fourth-order valence-corrected chi connectivity index (χ4v) is 4.60. The van der Waals surface area contributed by atoms with Crippen LogP contribution in [0.4, 0.5) is 0 Å². The van der Waals surface area contributed by atoms with Gasteiger partial charge in [0.05, 0.1) is 5.41 Å². The van der Waals surface area contributed by atoms with Gasteiger partial charge in [-0.05, 0) is 36.8 Å². The smallest absolute Gasteiger partial charge is 0.166 e. The van der Waals surface area contributed by atoms with Gasteiger partial charge in [0.2, 0.25) is 0 Å². The number of ketones is 2. The quantitative estimate of drug-likeness (QED) is 0.767. The fraction of sp³-hybridized carbons (Fsp3) is 0.474. The van der Waals surface area contributed by atoms with Crippen molar-refractivity contribution >= 4 is 17.6 Å². The van der Waals surface area contributed by atoms with Gasteiger partial charge in [0, 0.05) is 11.0 Å². The summed E-state index contributed by atoms with van der Waals surface area (Å²) in [7, 11) is 0. The predicted octanol–water partition coefficient (Wildman–Crippen LogP) is 4.05. The molecule has 0 heterocycles. The van der Waals surface area contributed by atoms with Crippen molar-refractivity contribution in [1.29, 1.82) is 0 Å². The van der Waals surface area contributed by atoms with E-state index in [-0.39, 0.29) is 17.0 Å². The summed E-state index contributed by atoms with van der Waals surface area (Å²) in [6.07, 6.45) is 3.54. The molecule has 2 aliphatic rings. The van der Waals surface area contributed by atoms with Crippen LogP contribution in [0.25, 0.3) is 6.08 Å². The van der Waals surface area contributed by atoms with E-state index in [0.717, 1.165) is 24.0 Å². The Morgan fingerprint density at radius 3 is 2.29 bits per heavy atom. The van der Waals surface area contributed by atoms with Gasteiger partial charge in [0.15, 0.2) is 5.78 Å². The average Bonchev–Trinajstić information content (AvgIpc) is 2.72. The SMILES string of the molecule is CC(=O)C12CCC(C)(C(=O)C1=Cc1ccccc1)C2(C)C. The first-order valence-corrected chi connectivity index (χ1v) is 7.60. The number of carbonyl (C=O) groups is 2. The van der Waals surface area contributed by atoms with Gasteiger partial charge in [0.25, 0.3) is 0 Å². The van der Waals surface area contributed by atoms with Crippen molar-refractivity contribution in [2.45, 2.75) is 40.5 Å². The van der Waals surface area contributed by atoms with Crippen LogP contribution in [0.15, 0.2) is 35.9 Å². The molecule has 2 saturated carbocycles. The summed E-state index contributed by atoms with van der Waals surface area (Å²) in [6.45, 7) is 7.85. The van der Waals surface area contributed by atoms with Crippen LogP contribution in [0.1, 0.15) is 46.1 Å². The molecule has 2 fully saturated rings. The molecule has 0 aliphatic heterocycles. The third-order valence-electron chi connectivity index (χ3n) is 6.36. The second kappa shape index (κ2) is 4.16. The molecule has 110 valence electrons. The van der Waals surface area contributed by atoms with E-state index in [4.69, 9.17) is 0 Å². The van der Waals surface area contributed by atoms with Gasteiger partial charge in [-0.25, -0.2) is 0 Å². The van der Waals surface area contributed by atoms with Crippen molar-refractivity contribution < 1.29 is 9.59 Å². The summed E-state index contributed by atoms with van der Waals surface area (Å²) in [4.78, 5) is 25.5. The summed E-state index contributed by atoms with van der Waals surface area (Å²) >= 11 is 0. The van der Waals surface area contributed by atoms with Crippen molar-refractivity contribution in [2.75, 3.05) is 0 Å². The molecular formula is C19H22O2. The minimum absolute atomic E-state index is 0.129. The molecule has 21 heavy (non-hydrogen) atoms. The van der Waals surface area contributed by atoms with Gasteiger partial charge in [-0.1, -0.05) is 51.1 Å². The lowest BCUT2D eigenvalue weighted by Gasteiger charge is -2.38. The van der Waals surface area contributed by atoms with E-state index in [1.807, 2.05) is 43.3 Å². The summed E-state index contributed by atoms with van der Waals surface area (Å²) in [6, 6.07) is 9.83. The topological polar surface area (TPSA) is 34.1 Å². The fourth-order valence-electron chi connectivity index (χ4n) is 4.60. The normalized spacial score (nSPS) is 35.4. The Bertz CT molecular complexity index is 653. The lowest BCUT2D eigenvalue weighted by atomic mass is 9.62. The predicted molar refractivity (Wildman–Crippen MR) is 83.7 cm³/mol. The van der Waals surface area contributed by atoms with E-state index in [0.29, 0.717) is 0 Å². The number of hydrogen-bond donors (Lipinski definition) is 0. The summed E-state index contributed by atoms with van der Waals surface area (Å²) in [5, 5.41) is 0. The number of fused-ring (bicyclic) bond motifs is 2. The van der Waals surface area contributed by atoms with Crippen molar-refractivity contribution in [2.24, 2.45) is 16.2 Å². The molecule has 1 aromatic carbocycles. The summed E-state index contributed by atoms with van der Waals surface area (Å²) < 4.78 is 0. The standard InChI is InChI=1S/C19H22O2/c1-13(20)19-11-10-18(4,17(19,2)3)16(21)15(19)12-14-8-6-5-7-9-14/h5-9,12H,10-11H2,1-4H3. The monoisotopic (exact) mass is 282 g/mol. The van der Waals surface area contributed by atoms with Gasteiger partial charge in [0.1, 0.15) is 5.78 Å². The average molecular weight is 282 g/mol. The molecule has 0 spiro atoms. The maximum Gasteiger partial charge on any atom is 0.166 e. The third-order valence-corrected chi connectivity index (χ3v) is 6.36. The maximum absolute atomic E-state index is 13.0. The van der Waals surface area contributed by atoms with E-state index in [2.05, 4.69) is 13.8 Å². The van der Waals surface area contributed by atoms with Crippen molar-refractivity contribution in [1.82, 2.24) is 0 Å². The van der Waals surface area contributed by atoms with Crippen LogP contribution in [0.5, 0.6) is 0 Å². The number of hydrogen-bond acceptors (Lipinski definition) is 2. The Morgan fingerprint density at radius 1 is 1.10 bits per heavy atom. The van der Waals surface area contributed by atoms with E-state index in [1.54, 1.807) is 6.92 Å². The van der Waals surface area contributed by atoms with E-state index in [9.17, 15) is 9.59 Å². The largest absolute Gasteiger partial charge is 0.299 e. The van der Waals surface area contributed by atoms with Gasteiger partial charge >= 0.3 is 0 Å². The number of rotatable bonds is 2. The highest BCUT2D eigenvalue weighted by atomic mass is 16.1. The van der Waals surface area contributed by atoms with Crippen LogP contribution in [0, 0.1) is 16.2 Å². The molecule has 0 N–H and O–H groups in total. The van der Waals surface area contributed by atoms with Crippen LogP contribution in [0.2, 0.25) is 0 Å². The van der Waals surface area contributed by atoms with Crippen molar-refractivity contribution in [3.05, 3.63) is 41.5 Å². The molecule has 0 amide bonds. The van der Waals surface area contributed by atoms with E-state index < -0.39 is 10.8 Å². The lowest BCUT2D eigenvalue weighted by Crippen LogP contribution is -2.40. The zero-order valence-electron chi connectivity index (χ0n) is 13.2. The first-order valence-electron chi connectivity index (χ1n) is 7.60. The van der Waals surface area contributed by atoms with E-state index in [1.165, 1.54) is 0 Å². The Hall–Kier alpha value is -1.70. The molecule has 3 rings (SSSR count). The molecule has 2 atom stereocenters. The minimum Gasteiger partial charge on any atom is -0.299 e. The second-order valence-corrected chi connectivity index (χ2v) is 7.22. The third kappa shape index (κ3) is 1.48. The highest BCUT2D eigenvalue weighted by Gasteiger charge is 2.73. The molecular weight excluding hydrogens is 260 g/mol. The van der Waals surface area contributed by atoms with Crippen molar-refractivity contribution in [3.8, 4) is 0 Å². The molecule has 0 aromatic heterocycles. The van der Waals surface area contributed by atoms with Crippen molar-refractivity contribution in [3.63, 3.8) is 0 Å². The Labute approximate surface area is 126 Å². The zero-order valence-corrected chi connectivity index (χ0v) is 13.2. The lowest BCUT2D eigenvalue weighted by molar-refractivity contribution is -0.128. The van der Waals surface area contributed by atoms with Gasteiger partial charge in [-0.15, -0.1) is 0 Å². The van der Waals surface area contributed by atoms with Crippen LogP contribution >= 0.6 is 0 Å². The summed E-state index contributed by atoms with van der Waals surface area (Å²) in [5.74, 6) is 0.294. The van der Waals surface area contributed by atoms with Crippen LogP contribution in [-0.4, -0.2) is 11.6 Å². The van der Waals surface area contributed by atoms with Gasteiger partial charge in [-0.3, -0.25) is 9.59 Å². The van der Waals surface area contributed by atoms with Crippen LogP contribution in [0.3, 0.4) is 0 Å². The molecule has 2 heteroatoms.